The minimum absolute atomic E-state index is 0.129. The molecule has 1 aromatic heterocycles. The van der Waals surface area contributed by atoms with Gasteiger partial charge in [-0.3, -0.25) is 9.78 Å². The smallest absolute Gasteiger partial charge is 0.381 e. The number of carbonyl (C=O) groups excluding carboxylic acids is 1. The van der Waals surface area contributed by atoms with Crippen LogP contribution in [0.25, 0.3) is 11.3 Å². The Bertz CT molecular complexity index is 1240. The van der Waals surface area contributed by atoms with Crippen LogP contribution in [-0.2, 0) is 25.5 Å². The highest BCUT2D eigenvalue weighted by Gasteiger charge is 2.51. The van der Waals surface area contributed by atoms with Crippen LogP contribution in [0.5, 0.6) is 0 Å². The minimum atomic E-state index is -4.92. The van der Waals surface area contributed by atoms with Crippen LogP contribution < -0.4 is 5.32 Å². The lowest BCUT2D eigenvalue weighted by molar-refractivity contribution is -0.139. The van der Waals surface area contributed by atoms with Crippen molar-refractivity contribution in [2.24, 2.45) is 5.92 Å². The first-order valence-corrected chi connectivity index (χ1v) is 12.2. The maximum atomic E-state index is 13.9. The molecule has 2 fully saturated rings. The van der Waals surface area contributed by atoms with Gasteiger partial charge in [-0.25, -0.2) is 8.42 Å². The molecule has 0 radical (unpaired) electrons. The third-order valence-electron chi connectivity index (χ3n) is 6.42. The zero-order valence-corrected chi connectivity index (χ0v) is 19.0. The number of alkyl halides is 3. The number of nitrogens with one attached hydrogen (secondary N) is 1. The molecule has 0 spiro atoms. The molecule has 2 saturated carbocycles. The van der Waals surface area contributed by atoms with E-state index in [0.29, 0.717) is 12.8 Å². The monoisotopic (exact) mass is 493 g/mol. The molecule has 1 amide bonds. The number of nitrogens with zero attached hydrogens (tertiary/aromatic N) is 2. The Morgan fingerprint density at radius 2 is 1.97 bits per heavy atom. The van der Waals surface area contributed by atoms with Crippen molar-refractivity contribution in [3.05, 3.63) is 48.2 Å². The summed E-state index contributed by atoms with van der Waals surface area (Å²) in [6.07, 6.45) is -3.62. The van der Waals surface area contributed by atoms with Gasteiger partial charge in [0.25, 0.3) is 0 Å². The number of hydrogen-bond acceptors (Lipinski definition) is 6. The van der Waals surface area contributed by atoms with Crippen LogP contribution >= 0.6 is 0 Å². The summed E-state index contributed by atoms with van der Waals surface area (Å²) in [5, 5.41) is 10.6. The van der Waals surface area contributed by atoms with Crippen LogP contribution in [0.3, 0.4) is 0 Å². The normalized spacial score (nSPS) is 23.8. The van der Waals surface area contributed by atoms with E-state index in [0.717, 1.165) is 12.1 Å². The van der Waals surface area contributed by atoms with Gasteiger partial charge >= 0.3 is 6.18 Å². The van der Waals surface area contributed by atoms with E-state index in [9.17, 15) is 31.6 Å². The number of ether oxygens (including phenoxy) is 1. The van der Waals surface area contributed by atoms with Crippen molar-refractivity contribution in [3.8, 4) is 17.3 Å². The van der Waals surface area contributed by atoms with Crippen LogP contribution in [0.15, 0.2) is 47.5 Å². The molecule has 0 aliphatic heterocycles. The van der Waals surface area contributed by atoms with E-state index in [1.54, 1.807) is 12.1 Å². The Morgan fingerprint density at radius 3 is 2.53 bits per heavy atom. The molecule has 0 bridgehead atoms. The standard InChI is InChI=1S/C23H22F3N3O4S/c1-33-19-12-15(11-16(19)21(30)29-22(13-27)7-8-22)34(31,32)20-6-5-14(10-17(20)23(24,25)26)18-4-2-3-9-28-18/h2-6,9-10,15-16,19H,7-8,11-12H2,1H3,(H,29,30)/t15?,16-,19?/m1/s1. The van der Waals surface area contributed by atoms with Crippen molar-refractivity contribution in [1.29, 1.82) is 5.26 Å². The minimum Gasteiger partial charge on any atom is -0.381 e. The fourth-order valence-corrected chi connectivity index (χ4v) is 6.34. The quantitative estimate of drug-likeness (QED) is 0.660. The van der Waals surface area contributed by atoms with Gasteiger partial charge in [0, 0.05) is 18.9 Å². The van der Waals surface area contributed by atoms with E-state index >= 15 is 0 Å². The second kappa shape index (κ2) is 8.67. The summed E-state index contributed by atoms with van der Waals surface area (Å²) in [5.41, 5.74) is -1.81. The maximum absolute atomic E-state index is 13.9. The lowest BCUT2D eigenvalue weighted by Gasteiger charge is -2.19. The summed E-state index contributed by atoms with van der Waals surface area (Å²) in [7, 11) is -3.14. The first kappa shape index (κ1) is 24.2. The molecular formula is C23H22F3N3O4S. The lowest BCUT2D eigenvalue weighted by Crippen LogP contribution is -2.42. The van der Waals surface area contributed by atoms with Gasteiger partial charge in [-0.05, 0) is 49.9 Å². The molecule has 3 atom stereocenters. The number of pyridine rings is 1. The molecular weight excluding hydrogens is 471 g/mol. The van der Waals surface area contributed by atoms with E-state index in [-0.39, 0.29) is 24.1 Å². The molecule has 1 N–H and O–H groups in total. The number of benzene rings is 1. The van der Waals surface area contributed by atoms with Gasteiger partial charge in [0.05, 0.1) is 39.5 Å². The van der Waals surface area contributed by atoms with E-state index in [1.807, 2.05) is 6.07 Å². The highest BCUT2D eigenvalue weighted by atomic mass is 32.2. The van der Waals surface area contributed by atoms with Gasteiger partial charge in [-0.1, -0.05) is 12.1 Å². The van der Waals surface area contributed by atoms with E-state index in [1.165, 1.54) is 25.4 Å². The molecule has 1 aromatic carbocycles. The zero-order chi connectivity index (χ0) is 24.7. The van der Waals surface area contributed by atoms with E-state index < -0.39 is 55.2 Å². The topological polar surface area (TPSA) is 109 Å². The maximum Gasteiger partial charge on any atom is 0.417 e. The number of halogens is 3. The van der Waals surface area contributed by atoms with Crippen molar-refractivity contribution < 1.29 is 31.1 Å². The Kier molecular flexibility index (Phi) is 6.16. The van der Waals surface area contributed by atoms with E-state index in [2.05, 4.69) is 10.3 Å². The second-order valence-electron chi connectivity index (χ2n) is 8.63. The van der Waals surface area contributed by atoms with Gasteiger partial charge in [0.15, 0.2) is 9.84 Å². The predicted molar refractivity (Wildman–Crippen MR) is 115 cm³/mol. The predicted octanol–water partition coefficient (Wildman–Crippen LogP) is 3.51. The molecule has 2 unspecified atom stereocenters. The van der Waals surface area contributed by atoms with Crippen molar-refractivity contribution >= 4 is 15.7 Å². The summed E-state index contributed by atoms with van der Waals surface area (Å²) >= 11 is 0. The molecule has 34 heavy (non-hydrogen) atoms. The summed E-state index contributed by atoms with van der Waals surface area (Å²) in [5.74, 6) is -1.41. The molecule has 2 aliphatic rings. The molecule has 2 aromatic rings. The zero-order valence-electron chi connectivity index (χ0n) is 18.2. The van der Waals surface area contributed by atoms with Crippen molar-refractivity contribution in [2.45, 2.75) is 53.6 Å². The number of hydrogen-bond donors (Lipinski definition) is 1. The van der Waals surface area contributed by atoms with Crippen LogP contribution in [0.2, 0.25) is 0 Å². The lowest BCUT2D eigenvalue weighted by atomic mass is 10.0. The fourth-order valence-electron chi connectivity index (χ4n) is 4.33. The first-order valence-electron chi connectivity index (χ1n) is 10.6. The van der Waals surface area contributed by atoms with Gasteiger partial charge < -0.3 is 10.1 Å². The summed E-state index contributed by atoms with van der Waals surface area (Å²) < 4.78 is 73.9. The molecule has 4 rings (SSSR count). The Hall–Kier alpha value is -2.97. The number of sulfone groups is 1. The van der Waals surface area contributed by atoms with Crippen molar-refractivity contribution in [1.82, 2.24) is 10.3 Å². The van der Waals surface area contributed by atoms with Crippen LogP contribution in [0.4, 0.5) is 13.2 Å². The van der Waals surface area contributed by atoms with Gasteiger partial charge in [-0.15, -0.1) is 0 Å². The third-order valence-corrected chi connectivity index (χ3v) is 8.65. The molecule has 7 nitrogen and oxygen atoms in total. The van der Waals surface area contributed by atoms with Crippen LogP contribution in [0.1, 0.15) is 31.2 Å². The molecule has 2 aliphatic carbocycles. The Labute approximate surface area is 194 Å². The summed E-state index contributed by atoms with van der Waals surface area (Å²) in [6.45, 7) is 0. The molecule has 180 valence electrons. The third kappa shape index (κ3) is 4.52. The number of carbonyl (C=O) groups is 1. The fraction of sp³-hybridized carbons (Fsp3) is 0.435. The van der Waals surface area contributed by atoms with Gasteiger partial charge in [0.2, 0.25) is 5.91 Å². The second-order valence-corrected chi connectivity index (χ2v) is 10.8. The number of nitriles is 1. The number of amides is 1. The van der Waals surface area contributed by atoms with Gasteiger partial charge in [0.1, 0.15) is 5.54 Å². The van der Waals surface area contributed by atoms with Crippen LogP contribution in [0, 0.1) is 17.2 Å². The summed E-state index contributed by atoms with van der Waals surface area (Å²) in [4.78, 5) is 15.9. The number of aromatic nitrogens is 1. The van der Waals surface area contributed by atoms with Crippen LogP contribution in [-0.4, -0.2) is 43.3 Å². The van der Waals surface area contributed by atoms with Crippen molar-refractivity contribution in [2.75, 3.05) is 7.11 Å². The Balaban J connectivity index is 1.66. The highest BCUT2D eigenvalue weighted by Crippen LogP contribution is 2.42. The van der Waals surface area contributed by atoms with Crippen molar-refractivity contribution in [3.63, 3.8) is 0 Å². The SMILES string of the molecule is COC1CC(S(=O)(=O)c2ccc(-c3ccccn3)cc2C(F)(F)F)C[C@H]1C(=O)NC1(C#N)CC1. The van der Waals surface area contributed by atoms with Gasteiger partial charge in [-0.2, -0.15) is 18.4 Å². The molecule has 11 heteroatoms. The number of methoxy groups -OCH3 is 1. The highest BCUT2D eigenvalue weighted by molar-refractivity contribution is 7.92. The largest absolute Gasteiger partial charge is 0.417 e. The Morgan fingerprint density at radius 1 is 1.24 bits per heavy atom. The molecule has 1 heterocycles. The molecule has 0 saturated heterocycles. The number of rotatable bonds is 6. The first-order chi connectivity index (χ1) is 16.0. The average Bonchev–Trinajstić information content (AvgIpc) is 3.44. The average molecular weight is 494 g/mol. The van der Waals surface area contributed by atoms with E-state index in [4.69, 9.17) is 4.74 Å². The summed E-state index contributed by atoms with van der Waals surface area (Å²) in [6, 6.07) is 9.82.